The quantitative estimate of drug-likeness (QED) is 0.866. The van der Waals surface area contributed by atoms with Crippen molar-refractivity contribution in [2.45, 2.75) is 19.3 Å². The van der Waals surface area contributed by atoms with Gasteiger partial charge in [0.2, 0.25) is 11.8 Å². The minimum Gasteiger partial charge on any atom is -0.495 e. The number of para-hydroxylation sites is 4. The molecule has 146 valence electrons. The van der Waals surface area contributed by atoms with Gasteiger partial charge < -0.3 is 19.9 Å². The molecule has 2 aliphatic heterocycles. The fourth-order valence-corrected chi connectivity index (χ4v) is 4.02. The van der Waals surface area contributed by atoms with E-state index in [9.17, 15) is 9.59 Å². The Morgan fingerprint density at radius 1 is 1.04 bits per heavy atom. The largest absolute Gasteiger partial charge is 0.495 e. The third-order valence-electron chi connectivity index (χ3n) is 5.48. The molecule has 2 amide bonds. The molecule has 6 nitrogen and oxygen atoms in total. The predicted octanol–water partition coefficient (Wildman–Crippen LogP) is 3.29. The van der Waals surface area contributed by atoms with Gasteiger partial charge in [-0.1, -0.05) is 24.3 Å². The van der Waals surface area contributed by atoms with Crippen molar-refractivity contribution >= 4 is 28.9 Å². The number of anilines is 3. The van der Waals surface area contributed by atoms with E-state index in [1.54, 1.807) is 12.0 Å². The first kappa shape index (κ1) is 18.3. The van der Waals surface area contributed by atoms with Crippen molar-refractivity contribution in [2.75, 3.05) is 41.9 Å². The Balaban J connectivity index is 1.49. The number of hydrogen-bond donors (Lipinski definition) is 1. The molecular weight excluding hydrogens is 354 g/mol. The molecule has 6 heteroatoms. The molecule has 2 fully saturated rings. The Kier molecular flexibility index (Phi) is 5.19. The minimum absolute atomic E-state index is 0.0579. The molecule has 2 aromatic rings. The van der Waals surface area contributed by atoms with E-state index in [1.165, 1.54) is 12.8 Å². The highest BCUT2D eigenvalue weighted by molar-refractivity contribution is 6.05. The number of ether oxygens (including phenoxy) is 1. The van der Waals surface area contributed by atoms with E-state index in [4.69, 9.17) is 4.74 Å². The van der Waals surface area contributed by atoms with Crippen LogP contribution >= 0.6 is 0 Å². The van der Waals surface area contributed by atoms with Crippen LogP contribution in [-0.2, 0) is 9.59 Å². The lowest BCUT2D eigenvalue weighted by molar-refractivity contribution is -0.122. The number of carbonyl (C=O) groups excluding carboxylic acids is 2. The van der Waals surface area contributed by atoms with Crippen molar-refractivity contribution in [3.05, 3.63) is 48.5 Å². The first-order valence-corrected chi connectivity index (χ1v) is 9.75. The van der Waals surface area contributed by atoms with Gasteiger partial charge in [0.25, 0.3) is 0 Å². The third-order valence-corrected chi connectivity index (χ3v) is 5.48. The average molecular weight is 379 g/mol. The molecule has 1 atom stereocenters. The Labute approximate surface area is 165 Å². The zero-order chi connectivity index (χ0) is 19.5. The van der Waals surface area contributed by atoms with Crippen molar-refractivity contribution in [1.29, 1.82) is 0 Å². The Morgan fingerprint density at radius 2 is 1.71 bits per heavy atom. The molecule has 0 aliphatic carbocycles. The van der Waals surface area contributed by atoms with Crippen molar-refractivity contribution in [1.82, 2.24) is 0 Å². The van der Waals surface area contributed by atoms with Crippen LogP contribution in [0.2, 0.25) is 0 Å². The molecule has 0 bridgehead atoms. The maximum atomic E-state index is 12.9. The lowest BCUT2D eigenvalue weighted by Gasteiger charge is -2.22. The highest BCUT2D eigenvalue weighted by atomic mass is 16.5. The summed E-state index contributed by atoms with van der Waals surface area (Å²) in [6.45, 7) is 2.38. The average Bonchev–Trinajstić information content (AvgIpc) is 3.38. The Bertz CT molecular complexity index is 877. The Hall–Kier alpha value is -3.02. The van der Waals surface area contributed by atoms with Gasteiger partial charge in [0, 0.05) is 26.1 Å². The van der Waals surface area contributed by atoms with Crippen LogP contribution < -0.4 is 19.9 Å². The summed E-state index contributed by atoms with van der Waals surface area (Å²) in [4.78, 5) is 29.4. The van der Waals surface area contributed by atoms with E-state index >= 15 is 0 Å². The summed E-state index contributed by atoms with van der Waals surface area (Å²) in [6.07, 6.45) is 2.55. The van der Waals surface area contributed by atoms with Crippen LogP contribution in [-0.4, -0.2) is 38.6 Å². The van der Waals surface area contributed by atoms with Gasteiger partial charge in [-0.15, -0.1) is 0 Å². The minimum atomic E-state index is -0.385. The summed E-state index contributed by atoms with van der Waals surface area (Å²) in [7, 11) is 1.58. The standard InChI is InChI=1S/C22H25N3O3/c1-28-20-11-5-4-10-19(20)25-15-16(14-21(25)26)22(27)23-17-8-2-3-9-18(17)24-12-6-7-13-24/h2-5,8-11,16H,6-7,12-15H2,1H3,(H,23,27)/t16-/m1/s1. The van der Waals surface area contributed by atoms with Gasteiger partial charge in [0.05, 0.1) is 30.1 Å². The SMILES string of the molecule is COc1ccccc1N1C[C@H](C(=O)Nc2ccccc2N2CCCC2)CC1=O. The van der Waals surface area contributed by atoms with Crippen LogP contribution in [0.15, 0.2) is 48.5 Å². The zero-order valence-electron chi connectivity index (χ0n) is 16.1. The fraction of sp³-hybridized carbons (Fsp3) is 0.364. The first-order chi connectivity index (χ1) is 13.7. The second-order valence-corrected chi connectivity index (χ2v) is 7.28. The summed E-state index contributed by atoms with van der Waals surface area (Å²) in [5, 5.41) is 3.06. The van der Waals surface area contributed by atoms with Gasteiger partial charge in [-0.05, 0) is 37.1 Å². The molecule has 4 rings (SSSR count). The topological polar surface area (TPSA) is 61.9 Å². The van der Waals surface area contributed by atoms with Crippen molar-refractivity contribution in [3.63, 3.8) is 0 Å². The molecule has 2 saturated heterocycles. The number of amides is 2. The number of nitrogens with one attached hydrogen (secondary N) is 1. The summed E-state index contributed by atoms with van der Waals surface area (Å²) in [6, 6.07) is 15.3. The normalized spacial score (nSPS) is 19.2. The predicted molar refractivity (Wildman–Crippen MR) is 110 cm³/mol. The van der Waals surface area contributed by atoms with Crippen LogP contribution in [0.4, 0.5) is 17.1 Å². The monoisotopic (exact) mass is 379 g/mol. The van der Waals surface area contributed by atoms with E-state index in [-0.39, 0.29) is 24.2 Å². The number of hydrogen-bond acceptors (Lipinski definition) is 4. The third kappa shape index (κ3) is 3.54. The van der Waals surface area contributed by atoms with E-state index in [0.717, 1.165) is 24.5 Å². The van der Waals surface area contributed by atoms with Gasteiger partial charge >= 0.3 is 0 Å². The maximum absolute atomic E-state index is 12.9. The fourth-order valence-electron chi connectivity index (χ4n) is 4.02. The van der Waals surface area contributed by atoms with E-state index < -0.39 is 0 Å². The Morgan fingerprint density at radius 3 is 2.46 bits per heavy atom. The summed E-state index contributed by atoms with van der Waals surface area (Å²) in [5.41, 5.74) is 2.58. The van der Waals surface area contributed by atoms with Gasteiger partial charge in [0.15, 0.2) is 0 Å². The van der Waals surface area contributed by atoms with E-state index in [1.807, 2.05) is 48.5 Å². The first-order valence-electron chi connectivity index (χ1n) is 9.75. The summed E-state index contributed by atoms with van der Waals surface area (Å²) in [5.74, 6) is 0.0789. The molecule has 2 aliphatic rings. The highest BCUT2D eigenvalue weighted by Gasteiger charge is 2.36. The molecular formula is C22H25N3O3. The van der Waals surface area contributed by atoms with Crippen LogP contribution in [0.1, 0.15) is 19.3 Å². The van der Waals surface area contributed by atoms with Gasteiger partial charge in [-0.2, -0.15) is 0 Å². The second kappa shape index (κ2) is 7.92. The molecule has 1 N–H and O–H groups in total. The van der Waals surface area contributed by atoms with Gasteiger partial charge in [-0.3, -0.25) is 9.59 Å². The van der Waals surface area contributed by atoms with Gasteiger partial charge in [0.1, 0.15) is 5.75 Å². The second-order valence-electron chi connectivity index (χ2n) is 7.28. The highest BCUT2D eigenvalue weighted by Crippen LogP contribution is 2.34. The molecule has 0 spiro atoms. The summed E-state index contributed by atoms with van der Waals surface area (Å²) < 4.78 is 5.37. The number of rotatable bonds is 5. The molecule has 0 unspecified atom stereocenters. The lowest BCUT2D eigenvalue weighted by Crippen LogP contribution is -2.29. The van der Waals surface area contributed by atoms with Gasteiger partial charge in [-0.25, -0.2) is 0 Å². The molecule has 2 heterocycles. The van der Waals surface area contributed by atoms with Crippen LogP contribution in [0.25, 0.3) is 0 Å². The zero-order valence-corrected chi connectivity index (χ0v) is 16.1. The van der Waals surface area contributed by atoms with Crippen LogP contribution in [0.5, 0.6) is 5.75 Å². The lowest BCUT2D eigenvalue weighted by atomic mass is 10.1. The van der Waals surface area contributed by atoms with Crippen molar-refractivity contribution in [2.24, 2.45) is 5.92 Å². The number of carbonyl (C=O) groups is 2. The van der Waals surface area contributed by atoms with Crippen LogP contribution in [0.3, 0.4) is 0 Å². The van der Waals surface area contributed by atoms with E-state index in [0.29, 0.717) is 18.0 Å². The molecule has 2 aromatic carbocycles. The molecule has 28 heavy (non-hydrogen) atoms. The number of methoxy groups -OCH3 is 1. The maximum Gasteiger partial charge on any atom is 0.229 e. The van der Waals surface area contributed by atoms with Crippen LogP contribution in [0, 0.1) is 5.92 Å². The molecule has 0 radical (unpaired) electrons. The summed E-state index contributed by atoms with van der Waals surface area (Å²) >= 11 is 0. The van der Waals surface area contributed by atoms with E-state index in [2.05, 4.69) is 10.2 Å². The van der Waals surface area contributed by atoms with Crippen molar-refractivity contribution in [3.8, 4) is 5.75 Å². The van der Waals surface area contributed by atoms with Crippen molar-refractivity contribution < 1.29 is 14.3 Å². The molecule has 0 aromatic heterocycles. The molecule has 0 saturated carbocycles. The number of benzene rings is 2. The smallest absolute Gasteiger partial charge is 0.229 e. The number of nitrogens with zero attached hydrogens (tertiary/aromatic N) is 2.